The predicted octanol–water partition coefficient (Wildman–Crippen LogP) is 1.84. The minimum absolute atomic E-state index is 0.105. The fraction of sp³-hybridized carbons (Fsp3) is 0.267. The van der Waals surface area contributed by atoms with E-state index in [1.165, 1.54) is 24.3 Å². The number of nitriles is 1. The predicted molar refractivity (Wildman–Crippen MR) is 79.5 cm³/mol. The van der Waals surface area contributed by atoms with Gasteiger partial charge < -0.3 is 5.32 Å². The molecule has 0 heterocycles. The molecule has 1 N–H and O–H groups in total. The van der Waals surface area contributed by atoms with E-state index < -0.39 is 22.5 Å². The molecule has 0 aliphatic carbocycles. The van der Waals surface area contributed by atoms with Gasteiger partial charge in [0, 0.05) is 18.7 Å². The smallest absolute Gasteiger partial charge is 0.270 e. The summed E-state index contributed by atoms with van der Waals surface area (Å²) >= 11 is 0. The summed E-state index contributed by atoms with van der Waals surface area (Å²) in [4.78, 5) is 33.6. The Kier molecular flexibility index (Phi) is 6.44. The molecule has 0 aromatic heterocycles. The van der Waals surface area contributed by atoms with Crippen LogP contribution >= 0.6 is 0 Å². The molecule has 0 fully saturated rings. The number of benzene rings is 1. The maximum absolute atomic E-state index is 11.9. The number of hydrogen-bond acceptors (Lipinski definition) is 5. The Labute approximate surface area is 127 Å². The molecule has 1 rings (SSSR count). The number of carbonyl (C=O) groups is 2. The normalized spacial score (nSPS) is 11.6. The quantitative estimate of drug-likeness (QED) is 0.357. The van der Waals surface area contributed by atoms with Crippen molar-refractivity contribution in [2.24, 2.45) is 5.92 Å². The number of nitrogens with zero attached hydrogens (tertiary/aromatic N) is 2. The van der Waals surface area contributed by atoms with Gasteiger partial charge in [-0.25, -0.2) is 0 Å². The fourth-order valence-corrected chi connectivity index (χ4v) is 1.62. The third-order valence-electron chi connectivity index (χ3n) is 2.75. The number of nitrogens with one attached hydrogen (secondary N) is 1. The first-order valence-corrected chi connectivity index (χ1v) is 6.63. The second kappa shape index (κ2) is 8.32. The van der Waals surface area contributed by atoms with Crippen LogP contribution in [-0.4, -0.2) is 23.2 Å². The second-order valence-corrected chi connectivity index (χ2v) is 4.44. The minimum atomic E-state index is -1.42. The van der Waals surface area contributed by atoms with Crippen LogP contribution in [0.2, 0.25) is 0 Å². The minimum Gasteiger partial charge on any atom is -0.355 e. The summed E-state index contributed by atoms with van der Waals surface area (Å²) in [5.41, 5.74) is 0.334. The van der Waals surface area contributed by atoms with Crippen molar-refractivity contribution >= 4 is 23.5 Å². The number of carbonyl (C=O) groups excluding carboxylic acids is 2. The summed E-state index contributed by atoms with van der Waals surface area (Å²) < 4.78 is 0. The van der Waals surface area contributed by atoms with Gasteiger partial charge in [0.15, 0.2) is 11.7 Å². The highest BCUT2D eigenvalue weighted by Crippen LogP contribution is 2.14. The van der Waals surface area contributed by atoms with Crippen molar-refractivity contribution in [2.45, 2.75) is 13.3 Å². The Morgan fingerprint density at radius 2 is 2.23 bits per heavy atom. The Hall–Kier alpha value is -3.01. The van der Waals surface area contributed by atoms with E-state index in [1.807, 2.05) is 6.92 Å². The van der Waals surface area contributed by atoms with E-state index >= 15 is 0 Å². The van der Waals surface area contributed by atoms with Crippen LogP contribution in [0, 0.1) is 27.4 Å². The molecule has 0 aliphatic heterocycles. The lowest BCUT2D eigenvalue weighted by molar-refractivity contribution is -0.384. The molecule has 0 bridgehead atoms. The maximum atomic E-state index is 11.9. The molecular weight excluding hydrogens is 286 g/mol. The number of hydrogen-bond donors (Lipinski definition) is 1. The van der Waals surface area contributed by atoms with E-state index in [0.29, 0.717) is 18.5 Å². The highest BCUT2D eigenvalue weighted by molar-refractivity contribution is 6.10. The van der Waals surface area contributed by atoms with E-state index in [-0.39, 0.29) is 5.69 Å². The maximum Gasteiger partial charge on any atom is 0.270 e. The zero-order chi connectivity index (χ0) is 16.5. The van der Waals surface area contributed by atoms with Crippen molar-refractivity contribution in [3.8, 4) is 6.07 Å². The number of rotatable bonds is 7. The Morgan fingerprint density at radius 1 is 1.50 bits per heavy atom. The first-order chi connectivity index (χ1) is 10.5. The summed E-state index contributed by atoms with van der Waals surface area (Å²) in [6.45, 7) is 2.24. The first kappa shape index (κ1) is 17.0. The van der Waals surface area contributed by atoms with Gasteiger partial charge in [-0.1, -0.05) is 25.1 Å². The van der Waals surface area contributed by atoms with Gasteiger partial charge >= 0.3 is 0 Å². The molecule has 114 valence electrons. The SMILES string of the molecule is CCCNC(=O)C(C#N)C(=O)/C=C/c1cccc([N+](=O)[O-])c1. The van der Waals surface area contributed by atoms with Crippen molar-refractivity contribution in [1.82, 2.24) is 5.32 Å². The lowest BCUT2D eigenvalue weighted by atomic mass is 10.0. The number of nitro benzene ring substituents is 1. The Bertz CT molecular complexity index is 646. The molecule has 7 nitrogen and oxygen atoms in total. The first-order valence-electron chi connectivity index (χ1n) is 6.63. The third kappa shape index (κ3) is 4.83. The van der Waals surface area contributed by atoms with Crippen molar-refractivity contribution < 1.29 is 14.5 Å². The van der Waals surface area contributed by atoms with Crippen LogP contribution in [0.15, 0.2) is 30.3 Å². The molecule has 1 unspecified atom stereocenters. The van der Waals surface area contributed by atoms with E-state index in [0.717, 1.165) is 6.08 Å². The zero-order valence-electron chi connectivity index (χ0n) is 12.0. The largest absolute Gasteiger partial charge is 0.355 e. The van der Waals surface area contributed by atoms with Gasteiger partial charge in [-0.2, -0.15) is 5.26 Å². The highest BCUT2D eigenvalue weighted by atomic mass is 16.6. The van der Waals surface area contributed by atoms with Gasteiger partial charge in [0.25, 0.3) is 5.69 Å². The van der Waals surface area contributed by atoms with Gasteiger partial charge in [0.2, 0.25) is 5.91 Å². The number of non-ortho nitro benzene ring substituents is 1. The lowest BCUT2D eigenvalue weighted by Crippen LogP contribution is -2.34. The van der Waals surface area contributed by atoms with Crippen molar-refractivity contribution in [2.75, 3.05) is 6.54 Å². The molecular formula is C15H15N3O4. The topological polar surface area (TPSA) is 113 Å². The summed E-state index contributed by atoms with van der Waals surface area (Å²) in [6, 6.07) is 7.34. The molecule has 1 amide bonds. The van der Waals surface area contributed by atoms with Crippen LogP contribution in [0.25, 0.3) is 6.08 Å². The van der Waals surface area contributed by atoms with Gasteiger partial charge in [-0.05, 0) is 18.1 Å². The zero-order valence-corrected chi connectivity index (χ0v) is 12.0. The number of allylic oxidation sites excluding steroid dienone is 1. The molecule has 22 heavy (non-hydrogen) atoms. The van der Waals surface area contributed by atoms with E-state index in [1.54, 1.807) is 12.1 Å². The molecule has 7 heteroatoms. The molecule has 0 saturated carbocycles. The molecule has 1 aromatic carbocycles. The molecule has 0 aliphatic rings. The fourth-order valence-electron chi connectivity index (χ4n) is 1.62. The van der Waals surface area contributed by atoms with Crippen LogP contribution in [0.3, 0.4) is 0 Å². The molecule has 0 spiro atoms. The average molecular weight is 301 g/mol. The summed E-state index contributed by atoms with van der Waals surface area (Å²) in [5.74, 6) is -2.72. The highest BCUT2D eigenvalue weighted by Gasteiger charge is 2.23. The van der Waals surface area contributed by atoms with E-state index in [9.17, 15) is 19.7 Å². The van der Waals surface area contributed by atoms with Crippen LogP contribution < -0.4 is 5.32 Å². The number of amides is 1. The standard InChI is InChI=1S/C15H15N3O4/c1-2-8-17-15(20)13(10-16)14(19)7-6-11-4-3-5-12(9-11)18(21)22/h3-7,9,13H,2,8H2,1H3,(H,17,20)/b7-6+. The van der Waals surface area contributed by atoms with Crippen LogP contribution in [0.5, 0.6) is 0 Å². The number of nitro groups is 1. The Balaban J connectivity index is 2.82. The van der Waals surface area contributed by atoms with Crippen LogP contribution in [-0.2, 0) is 9.59 Å². The van der Waals surface area contributed by atoms with Crippen LogP contribution in [0.4, 0.5) is 5.69 Å². The average Bonchev–Trinajstić information content (AvgIpc) is 2.51. The monoisotopic (exact) mass is 301 g/mol. The molecule has 1 aromatic rings. The summed E-state index contributed by atoms with van der Waals surface area (Å²) in [5, 5.41) is 22.1. The summed E-state index contributed by atoms with van der Waals surface area (Å²) in [7, 11) is 0. The Morgan fingerprint density at radius 3 is 2.82 bits per heavy atom. The van der Waals surface area contributed by atoms with Gasteiger partial charge in [-0.3, -0.25) is 19.7 Å². The molecule has 0 radical (unpaired) electrons. The molecule has 0 saturated heterocycles. The molecule has 1 atom stereocenters. The van der Waals surface area contributed by atoms with E-state index in [4.69, 9.17) is 5.26 Å². The van der Waals surface area contributed by atoms with Crippen molar-refractivity contribution in [3.05, 3.63) is 46.0 Å². The summed E-state index contributed by atoms with van der Waals surface area (Å²) in [6.07, 6.45) is 3.12. The number of ketones is 1. The van der Waals surface area contributed by atoms with Gasteiger partial charge in [0.1, 0.15) is 0 Å². The van der Waals surface area contributed by atoms with Gasteiger partial charge in [0.05, 0.1) is 11.0 Å². The van der Waals surface area contributed by atoms with Crippen LogP contribution in [0.1, 0.15) is 18.9 Å². The third-order valence-corrected chi connectivity index (χ3v) is 2.75. The lowest BCUT2D eigenvalue weighted by Gasteiger charge is -2.06. The van der Waals surface area contributed by atoms with E-state index in [2.05, 4.69) is 5.32 Å². The van der Waals surface area contributed by atoms with Crippen molar-refractivity contribution in [3.63, 3.8) is 0 Å². The van der Waals surface area contributed by atoms with Crippen molar-refractivity contribution in [1.29, 1.82) is 5.26 Å². The second-order valence-electron chi connectivity index (χ2n) is 4.44. The van der Waals surface area contributed by atoms with Gasteiger partial charge in [-0.15, -0.1) is 0 Å².